The minimum Gasteiger partial charge on any atom is -0.459 e. The quantitative estimate of drug-likeness (QED) is 0.252. The fourth-order valence-corrected chi connectivity index (χ4v) is 9.49. The Morgan fingerprint density at radius 2 is 1.83 bits per heavy atom. The van der Waals surface area contributed by atoms with Gasteiger partial charge in [-0.15, -0.1) is 0 Å². The molecule has 0 radical (unpaired) electrons. The first-order valence-corrected chi connectivity index (χ1v) is 20.9. The van der Waals surface area contributed by atoms with Crippen molar-refractivity contribution in [1.82, 2.24) is 19.7 Å². The van der Waals surface area contributed by atoms with Crippen LogP contribution < -0.4 is 0 Å². The molecule has 4 saturated heterocycles. The summed E-state index contributed by atoms with van der Waals surface area (Å²) < 4.78 is 47.8. The van der Waals surface area contributed by atoms with E-state index in [4.69, 9.17) is 38.0 Å². The van der Waals surface area contributed by atoms with Gasteiger partial charge < -0.3 is 42.9 Å². The Bertz CT molecular complexity index is 1790. The van der Waals surface area contributed by atoms with Crippen LogP contribution >= 0.6 is 0 Å². The number of hydrogen-bond donors (Lipinski definition) is 0. The van der Waals surface area contributed by atoms with Crippen LogP contribution in [0.25, 0.3) is 5.82 Å². The number of aromatic nitrogens is 3. The molecule has 0 spiro atoms. The average molecular weight is 826 g/mol. The van der Waals surface area contributed by atoms with Gasteiger partial charge in [0, 0.05) is 42.9 Å². The number of oxime groups is 1. The van der Waals surface area contributed by atoms with Gasteiger partial charge in [-0.3, -0.25) is 14.4 Å². The number of ketones is 1. The zero-order valence-electron chi connectivity index (χ0n) is 36.4. The predicted octanol–water partition coefficient (Wildman–Crippen LogP) is 4.69. The van der Waals surface area contributed by atoms with Crippen molar-refractivity contribution in [3.05, 3.63) is 42.4 Å². The number of ether oxygens (including phenoxy) is 7. The molecule has 2 aromatic rings. The number of Topliss-reactive ketones (excluding diaryl/α,β-unsaturated/α-hetero) is 1. The van der Waals surface area contributed by atoms with Crippen molar-refractivity contribution < 1.29 is 52.4 Å². The second kappa shape index (κ2) is 18.4. The van der Waals surface area contributed by atoms with Crippen molar-refractivity contribution in [3.8, 4) is 5.82 Å². The summed E-state index contributed by atoms with van der Waals surface area (Å²) in [6.45, 7) is 16.6. The predicted molar refractivity (Wildman–Crippen MR) is 214 cm³/mol. The van der Waals surface area contributed by atoms with Crippen LogP contribution in [-0.4, -0.2) is 131 Å². The van der Waals surface area contributed by atoms with Gasteiger partial charge in [-0.05, 0) is 79.1 Å². The van der Waals surface area contributed by atoms with E-state index in [1.54, 1.807) is 30.9 Å². The van der Waals surface area contributed by atoms with Crippen LogP contribution in [0.3, 0.4) is 0 Å². The molecule has 6 heterocycles. The Morgan fingerprint density at radius 3 is 2.47 bits per heavy atom. The molecule has 0 aliphatic carbocycles. The Morgan fingerprint density at radius 1 is 1.07 bits per heavy atom. The molecule has 3 unspecified atom stereocenters. The largest absolute Gasteiger partial charge is 0.459 e. The standard InChI is InChI=1S/C43H63N5O11/c1-12-33-43(9)38(50)26(4)35(59-43)24(2)19-42(8)39(58-41-37(56-29(7)49)32(47(10)11)18-25(3)55-41)27(5)36(28(6)40(51)57-33)52-22-31(23-53-42)46-54-21-30-14-15-34(44-20-30)48-17-13-16-45-48/h13-17,20,24-28,32-33,35-37,39,41H,12,18-19,21-23H2,1-11H3/b46-31+/t24-,25-,26?,27-,28-,32+,33-,35?,36+,37-,39-,41+,42+,43?/m1/s1. The summed E-state index contributed by atoms with van der Waals surface area (Å²) >= 11 is 0. The highest BCUT2D eigenvalue weighted by molar-refractivity contribution is 5.92. The Kier molecular flexibility index (Phi) is 14.0. The molecule has 326 valence electrons. The number of cyclic esters (lactones) is 1. The topological polar surface area (TPSA) is 171 Å². The van der Waals surface area contributed by atoms with Crippen molar-refractivity contribution in [1.29, 1.82) is 0 Å². The number of rotatable bonds is 9. The summed E-state index contributed by atoms with van der Waals surface area (Å²) in [6, 6.07) is 5.35. The highest BCUT2D eigenvalue weighted by atomic mass is 16.7. The summed E-state index contributed by atoms with van der Waals surface area (Å²) in [4.78, 5) is 53.3. The van der Waals surface area contributed by atoms with Gasteiger partial charge in [0.2, 0.25) is 0 Å². The summed E-state index contributed by atoms with van der Waals surface area (Å²) in [5.41, 5.74) is -1.23. The zero-order chi connectivity index (χ0) is 42.8. The molecule has 16 nitrogen and oxygen atoms in total. The molecular formula is C43H63N5O11. The van der Waals surface area contributed by atoms with Crippen molar-refractivity contribution >= 4 is 23.4 Å². The monoisotopic (exact) mass is 825 g/mol. The van der Waals surface area contributed by atoms with E-state index in [2.05, 4.69) is 15.2 Å². The molecule has 6 rings (SSSR count). The number of fused-ring (bicyclic) bond motifs is 5. The minimum absolute atomic E-state index is 0.0108. The molecule has 4 bridgehead atoms. The smallest absolute Gasteiger partial charge is 0.311 e. The first-order chi connectivity index (χ1) is 27.9. The molecule has 4 aliphatic rings. The molecule has 59 heavy (non-hydrogen) atoms. The molecule has 4 fully saturated rings. The van der Waals surface area contributed by atoms with Crippen molar-refractivity contribution in [3.63, 3.8) is 0 Å². The van der Waals surface area contributed by atoms with E-state index in [1.165, 1.54) is 6.92 Å². The first kappa shape index (κ1) is 44.7. The Labute approximate surface area is 347 Å². The number of carbonyl (C=O) groups excluding carboxylic acids is 3. The summed E-state index contributed by atoms with van der Waals surface area (Å²) in [5, 5.41) is 8.72. The normalized spacial score (nSPS) is 39.0. The van der Waals surface area contributed by atoms with E-state index in [0.717, 1.165) is 5.56 Å². The molecule has 0 N–H and O–H groups in total. The van der Waals surface area contributed by atoms with Gasteiger partial charge in [0.1, 0.15) is 18.4 Å². The molecule has 2 aromatic heterocycles. The van der Waals surface area contributed by atoms with Crippen LogP contribution in [0.5, 0.6) is 0 Å². The maximum atomic E-state index is 14.3. The third-order valence-corrected chi connectivity index (χ3v) is 12.6. The lowest BCUT2D eigenvalue weighted by Crippen LogP contribution is -2.60. The number of esters is 2. The lowest BCUT2D eigenvalue weighted by atomic mass is 9.75. The number of hydrogen-bond acceptors (Lipinski definition) is 15. The summed E-state index contributed by atoms with van der Waals surface area (Å²) in [6.07, 6.45) is 1.59. The highest BCUT2D eigenvalue weighted by Crippen LogP contribution is 2.45. The van der Waals surface area contributed by atoms with Crippen LogP contribution in [0.15, 0.2) is 41.9 Å². The zero-order valence-corrected chi connectivity index (χ0v) is 36.4. The minimum atomic E-state index is -1.33. The van der Waals surface area contributed by atoms with E-state index in [0.29, 0.717) is 30.8 Å². The molecular weight excluding hydrogens is 762 g/mol. The maximum Gasteiger partial charge on any atom is 0.311 e. The summed E-state index contributed by atoms with van der Waals surface area (Å²) in [7, 11) is 3.87. The van der Waals surface area contributed by atoms with Crippen molar-refractivity contribution in [2.45, 2.75) is 148 Å². The molecule has 4 aliphatic heterocycles. The fraction of sp³-hybridized carbons (Fsp3) is 0.721. The van der Waals surface area contributed by atoms with Crippen LogP contribution in [-0.2, 0) is 59.0 Å². The highest BCUT2D eigenvalue weighted by Gasteiger charge is 2.59. The van der Waals surface area contributed by atoms with Crippen molar-refractivity contribution in [2.24, 2.45) is 28.8 Å². The second-order valence-electron chi connectivity index (χ2n) is 17.5. The van der Waals surface area contributed by atoms with E-state index >= 15 is 0 Å². The number of carbonyl (C=O) groups is 3. The number of likely N-dealkylation sites (N-methyl/N-ethyl adjacent to an activating group) is 1. The molecule has 0 saturated carbocycles. The van der Waals surface area contributed by atoms with Gasteiger partial charge in [-0.1, -0.05) is 38.9 Å². The van der Waals surface area contributed by atoms with Gasteiger partial charge >= 0.3 is 11.9 Å². The van der Waals surface area contributed by atoms with Gasteiger partial charge in [-0.2, -0.15) is 5.10 Å². The van der Waals surface area contributed by atoms with E-state index in [9.17, 15) is 14.4 Å². The second-order valence-corrected chi connectivity index (χ2v) is 17.5. The van der Waals surface area contributed by atoms with Crippen LogP contribution in [0.2, 0.25) is 0 Å². The SMILES string of the molecule is CC[C@H]1OC(=O)[C@H](C)[C@H]2OC/C(=N\OCc3ccc(-n4cccn4)nc3)CO[C@@](C)(C[C@@H](C)C3OC1(C)C(=O)C3C)[C@H](O[C@@H]1O[C@H](C)C[C@H](N(C)C)[C@H]1OC(C)=O)[C@@H]2C. The molecule has 0 amide bonds. The van der Waals surface area contributed by atoms with Gasteiger partial charge in [0.05, 0.1) is 55.2 Å². The number of pyridine rings is 1. The van der Waals surface area contributed by atoms with Crippen LogP contribution in [0, 0.1) is 23.7 Å². The molecule has 14 atom stereocenters. The summed E-state index contributed by atoms with van der Waals surface area (Å²) in [5.74, 6) is -2.54. The third-order valence-electron chi connectivity index (χ3n) is 12.6. The van der Waals surface area contributed by atoms with E-state index in [1.807, 2.05) is 84.9 Å². The van der Waals surface area contributed by atoms with Gasteiger partial charge in [0.25, 0.3) is 0 Å². The van der Waals surface area contributed by atoms with Gasteiger partial charge in [0.15, 0.2) is 29.6 Å². The third kappa shape index (κ3) is 9.57. The maximum absolute atomic E-state index is 14.3. The molecule has 0 aromatic carbocycles. The van der Waals surface area contributed by atoms with E-state index in [-0.39, 0.29) is 43.7 Å². The average Bonchev–Trinajstić information content (AvgIpc) is 3.82. The van der Waals surface area contributed by atoms with Crippen molar-refractivity contribution in [2.75, 3.05) is 27.3 Å². The van der Waals surface area contributed by atoms with Crippen LogP contribution in [0.4, 0.5) is 0 Å². The Balaban J connectivity index is 1.39. The lowest BCUT2D eigenvalue weighted by Gasteiger charge is -2.48. The Hall–Kier alpha value is -3.80. The number of nitrogens with zero attached hydrogens (tertiary/aromatic N) is 5. The van der Waals surface area contributed by atoms with Crippen LogP contribution in [0.1, 0.15) is 87.1 Å². The molecule has 16 heteroatoms. The lowest BCUT2D eigenvalue weighted by molar-refractivity contribution is -0.305. The van der Waals surface area contributed by atoms with E-state index < -0.39 is 77.7 Å². The van der Waals surface area contributed by atoms with Gasteiger partial charge in [-0.25, -0.2) is 9.67 Å². The first-order valence-electron chi connectivity index (χ1n) is 20.9. The fourth-order valence-electron chi connectivity index (χ4n) is 9.49.